The highest BCUT2D eigenvalue weighted by atomic mass is 16.2. The number of carbonyl (C=O) groups excluding carboxylic acids is 1. The van der Waals surface area contributed by atoms with E-state index in [4.69, 9.17) is 0 Å². The molecule has 1 N–H and O–H groups in total. The Labute approximate surface area is 116 Å². The average molecular weight is 261 g/mol. The van der Waals surface area contributed by atoms with Gasteiger partial charge in [0, 0.05) is 12.1 Å². The lowest BCUT2D eigenvalue weighted by molar-refractivity contribution is -0.910. The SMILES string of the molecule is Cc1cccc(C)c1NC(=O)[C@@H]1CCCC[N+]1(C)C. The lowest BCUT2D eigenvalue weighted by Gasteiger charge is -2.40. The van der Waals surface area contributed by atoms with Crippen LogP contribution in [0.15, 0.2) is 18.2 Å². The minimum absolute atomic E-state index is 0.0766. The molecule has 0 aromatic heterocycles. The molecule has 0 radical (unpaired) electrons. The van der Waals surface area contributed by atoms with Gasteiger partial charge in [0.25, 0.3) is 5.91 Å². The quantitative estimate of drug-likeness (QED) is 0.815. The lowest BCUT2D eigenvalue weighted by atomic mass is 9.99. The zero-order chi connectivity index (χ0) is 14.0. The number of hydrogen-bond acceptors (Lipinski definition) is 1. The Bertz CT molecular complexity index is 459. The number of likely N-dealkylation sites (tertiary alicyclic amines) is 1. The van der Waals surface area contributed by atoms with Gasteiger partial charge in [0.15, 0.2) is 6.04 Å². The van der Waals surface area contributed by atoms with Crippen LogP contribution in [0, 0.1) is 13.8 Å². The van der Waals surface area contributed by atoms with E-state index in [1.807, 2.05) is 32.0 Å². The second-order valence-corrected chi connectivity index (χ2v) is 6.27. The Balaban J connectivity index is 2.17. The van der Waals surface area contributed by atoms with Gasteiger partial charge in [-0.15, -0.1) is 0 Å². The molecule has 1 aromatic rings. The first-order valence-corrected chi connectivity index (χ1v) is 7.11. The number of quaternary nitrogens is 1. The van der Waals surface area contributed by atoms with Crippen molar-refractivity contribution in [3.05, 3.63) is 29.3 Å². The summed E-state index contributed by atoms with van der Waals surface area (Å²) in [6, 6.07) is 6.20. The van der Waals surface area contributed by atoms with Gasteiger partial charge in [-0.1, -0.05) is 18.2 Å². The number of para-hydroxylation sites is 1. The lowest BCUT2D eigenvalue weighted by Crippen LogP contribution is -2.57. The summed E-state index contributed by atoms with van der Waals surface area (Å²) in [5.41, 5.74) is 3.25. The number of hydrogen-bond donors (Lipinski definition) is 1. The number of amides is 1. The van der Waals surface area contributed by atoms with Crippen LogP contribution in [0.2, 0.25) is 0 Å². The smallest absolute Gasteiger partial charge is 0.282 e. The number of benzene rings is 1. The minimum Gasteiger partial charge on any atom is -0.320 e. The molecule has 3 heteroatoms. The Kier molecular flexibility index (Phi) is 3.95. The van der Waals surface area contributed by atoms with E-state index in [9.17, 15) is 4.79 Å². The van der Waals surface area contributed by atoms with E-state index in [0.717, 1.165) is 40.7 Å². The van der Waals surface area contributed by atoms with Crippen molar-refractivity contribution in [2.75, 3.05) is 26.0 Å². The number of anilines is 1. The molecule has 0 bridgehead atoms. The van der Waals surface area contributed by atoms with Crippen molar-refractivity contribution in [3.63, 3.8) is 0 Å². The molecule has 0 aliphatic carbocycles. The van der Waals surface area contributed by atoms with Crippen LogP contribution in [0.3, 0.4) is 0 Å². The van der Waals surface area contributed by atoms with E-state index in [2.05, 4.69) is 19.4 Å². The molecule has 1 aliphatic heterocycles. The second-order valence-electron chi connectivity index (χ2n) is 6.27. The standard InChI is InChI=1S/C16H24N2O/c1-12-8-7-9-13(2)15(12)17-16(19)14-10-5-6-11-18(14,3)4/h7-9,14H,5-6,10-11H2,1-4H3/p+1/t14-/m0/s1. The fraction of sp³-hybridized carbons (Fsp3) is 0.562. The molecule has 19 heavy (non-hydrogen) atoms. The van der Waals surface area contributed by atoms with Crippen molar-refractivity contribution in [1.82, 2.24) is 0 Å². The van der Waals surface area contributed by atoms with Gasteiger partial charge in [-0.05, 0) is 37.8 Å². The van der Waals surface area contributed by atoms with Gasteiger partial charge in [0.05, 0.1) is 20.6 Å². The largest absolute Gasteiger partial charge is 0.320 e. The van der Waals surface area contributed by atoms with Crippen LogP contribution in [0.1, 0.15) is 30.4 Å². The highest BCUT2D eigenvalue weighted by Crippen LogP contribution is 2.25. The fourth-order valence-corrected chi connectivity index (χ4v) is 3.03. The molecule has 1 aromatic carbocycles. The highest BCUT2D eigenvalue weighted by molar-refractivity contribution is 5.95. The Morgan fingerprint density at radius 3 is 2.42 bits per heavy atom. The van der Waals surface area contributed by atoms with Crippen molar-refractivity contribution < 1.29 is 9.28 Å². The maximum atomic E-state index is 12.6. The first kappa shape index (κ1) is 14.1. The van der Waals surface area contributed by atoms with Crippen LogP contribution in [-0.4, -0.2) is 37.1 Å². The van der Waals surface area contributed by atoms with Crippen molar-refractivity contribution in [2.24, 2.45) is 0 Å². The molecule has 104 valence electrons. The van der Waals surface area contributed by atoms with Crippen LogP contribution >= 0.6 is 0 Å². The monoisotopic (exact) mass is 261 g/mol. The summed E-state index contributed by atoms with van der Waals surface area (Å²) >= 11 is 0. The number of nitrogens with one attached hydrogen (secondary N) is 1. The van der Waals surface area contributed by atoms with E-state index in [0.29, 0.717) is 0 Å². The Morgan fingerprint density at radius 1 is 1.21 bits per heavy atom. The van der Waals surface area contributed by atoms with E-state index in [-0.39, 0.29) is 11.9 Å². The molecule has 3 nitrogen and oxygen atoms in total. The fourth-order valence-electron chi connectivity index (χ4n) is 3.03. The number of aryl methyl sites for hydroxylation is 2. The third-order valence-corrected chi connectivity index (χ3v) is 4.34. The van der Waals surface area contributed by atoms with Crippen molar-refractivity contribution in [3.8, 4) is 0 Å². The first-order valence-electron chi connectivity index (χ1n) is 7.11. The number of carbonyl (C=O) groups is 1. The maximum Gasteiger partial charge on any atom is 0.282 e. The molecule has 1 saturated heterocycles. The molecule has 0 spiro atoms. The summed E-state index contributed by atoms with van der Waals surface area (Å²) in [4.78, 5) is 12.6. The molecule has 2 rings (SSSR count). The third-order valence-electron chi connectivity index (χ3n) is 4.34. The molecular formula is C16H25N2O+. The van der Waals surface area contributed by atoms with Crippen LogP contribution in [0.5, 0.6) is 0 Å². The normalized spacial score (nSPS) is 22.0. The maximum absolute atomic E-state index is 12.6. The second kappa shape index (κ2) is 5.33. The van der Waals surface area contributed by atoms with Gasteiger partial charge in [-0.3, -0.25) is 4.79 Å². The van der Waals surface area contributed by atoms with E-state index in [1.165, 1.54) is 6.42 Å². The van der Waals surface area contributed by atoms with Gasteiger partial charge >= 0.3 is 0 Å². The molecule has 1 amide bonds. The van der Waals surface area contributed by atoms with Crippen molar-refractivity contribution in [1.29, 1.82) is 0 Å². The summed E-state index contributed by atoms with van der Waals surface area (Å²) in [6.45, 7) is 5.18. The number of piperidine rings is 1. The van der Waals surface area contributed by atoms with E-state index in [1.54, 1.807) is 0 Å². The van der Waals surface area contributed by atoms with Gasteiger partial charge in [-0.2, -0.15) is 0 Å². The topological polar surface area (TPSA) is 29.1 Å². The molecule has 1 atom stereocenters. The van der Waals surface area contributed by atoms with Gasteiger partial charge < -0.3 is 9.80 Å². The number of rotatable bonds is 2. The van der Waals surface area contributed by atoms with Crippen LogP contribution in [0.4, 0.5) is 5.69 Å². The third kappa shape index (κ3) is 2.98. The Morgan fingerprint density at radius 2 is 1.84 bits per heavy atom. The summed E-state index contributed by atoms with van der Waals surface area (Å²) in [5.74, 6) is 0.169. The zero-order valence-corrected chi connectivity index (χ0v) is 12.5. The van der Waals surface area contributed by atoms with Crippen molar-refractivity contribution >= 4 is 11.6 Å². The minimum atomic E-state index is 0.0766. The highest BCUT2D eigenvalue weighted by Gasteiger charge is 2.37. The van der Waals surface area contributed by atoms with Gasteiger partial charge in [0.2, 0.25) is 0 Å². The molecule has 0 unspecified atom stereocenters. The van der Waals surface area contributed by atoms with Crippen molar-refractivity contribution in [2.45, 2.75) is 39.2 Å². The summed E-state index contributed by atoms with van der Waals surface area (Å²) < 4.78 is 0.802. The van der Waals surface area contributed by atoms with Gasteiger partial charge in [0.1, 0.15) is 0 Å². The van der Waals surface area contributed by atoms with Crippen LogP contribution < -0.4 is 5.32 Å². The predicted octanol–water partition coefficient (Wildman–Crippen LogP) is 2.87. The van der Waals surface area contributed by atoms with Gasteiger partial charge in [-0.25, -0.2) is 0 Å². The zero-order valence-electron chi connectivity index (χ0n) is 12.5. The van der Waals surface area contributed by atoms with E-state index < -0.39 is 0 Å². The average Bonchev–Trinajstić information content (AvgIpc) is 2.33. The summed E-state index contributed by atoms with van der Waals surface area (Å²) in [7, 11) is 4.32. The molecular weight excluding hydrogens is 236 g/mol. The van der Waals surface area contributed by atoms with Crippen LogP contribution in [-0.2, 0) is 4.79 Å². The van der Waals surface area contributed by atoms with Crippen LogP contribution in [0.25, 0.3) is 0 Å². The predicted molar refractivity (Wildman–Crippen MR) is 79.2 cm³/mol. The number of nitrogens with zero attached hydrogens (tertiary/aromatic N) is 1. The molecule has 1 fully saturated rings. The summed E-state index contributed by atoms with van der Waals surface area (Å²) in [5, 5.41) is 3.15. The van der Waals surface area contributed by atoms with E-state index >= 15 is 0 Å². The number of likely N-dealkylation sites (N-methyl/N-ethyl adjacent to an activating group) is 1. The molecule has 1 heterocycles. The molecule has 1 aliphatic rings. The first-order chi connectivity index (χ1) is 8.92. The summed E-state index contributed by atoms with van der Waals surface area (Å²) in [6.07, 6.45) is 3.37. The Hall–Kier alpha value is -1.35. The molecule has 0 saturated carbocycles.